The Morgan fingerprint density at radius 2 is 1.77 bits per heavy atom. The van der Waals surface area contributed by atoms with Crippen LogP contribution < -0.4 is 24.4 Å². The Labute approximate surface area is 283 Å². The summed E-state index contributed by atoms with van der Waals surface area (Å²) < 4.78 is 34.0. The van der Waals surface area contributed by atoms with Crippen molar-refractivity contribution in [3.8, 4) is 22.8 Å². The number of carbonyl (C=O) groups excluding carboxylic acids is 3. The molecule has 0 fully saturated rings. The normalized spacial score (nSPS) is 14.2. The fraction of sp³-hybridized carbons (Fsp3) is 0.265. The number of carbonyl (C=O) groups is 3. The van der Waals surface area contributed by atoms with Crippen LogP contribution in [0.2, 0.25) is 5.02 Å². The van der Waals surface area contributed by atoms with Gasteiger partial charge in [-0.3, -0.25) is 9.36 Å². The summed E-state index contributed by atoms with van der Waals surface area (Å²) in [6, 6.07) is 12.3. The van der Waals surface area contributed by atoms with Gasteiger partial charge in [0.2, 0.25) is 0 Å². The maximum Gasteiger partial charge on any atom is 0.343 e. The predicted octanol–water partition coefficient (Wildman–Crippen LogP) is 4.45. The van der Waals surface area contributed by atoms with Crippen LogP contribution in [-0.2, 0) is 23.8 Å². The van der Waals surface area contributed by atoms with Crippen LogP contribution >= 0.6 is 22.9 Å². The Bertz CT molecular complexity index is 2110. The summed E-state index contributed by atoms with van der Waals surface area (Å²) in [5, 5.41) is 0.203. The summed E-state index contributed by atoms with van der Waals surface area (Å²) in [7, 11) is 2.53. The van der Waals surface area contributed by atoms with Crippen molar-refractivity contribution < 1.29 is 42.5 Å². The van der Waals surface area contributed by atoms with Crippen molar-refractivity contribution in [2.75, 3.05) is 34.0 Å². The number of halogens is 1. The molecule has 0 N–H and O–H groups in total. The van der Waals surface area contributed by atoms with Gasteiger partial charge in [-0.05, 0) is 62.7 Å². The molecule has 0 saturated carbocycles. The molecule has 14 heteroatoms. The zero-order valence-electron chi connectivity index (χ0n) is 26.7. The summed E-state index contributed by atoms with van der Waals surface area (Å²) in [6.07, 6.45) is 1.59. The maximum atomic E-state index is 14.1. The van der Waals surface area contributed by atoms with Crippen LogP contribution in [0.3, 0.4) is 0 Å². The molecule has 0 unspecified atom stereocenters. The summed E-state index contributed by atoms with van der Waals surface area (Å²) >= 11 is 7.43. The summed E-state index contributed by atoms with van der Waals surface area (Å²) in [6.45, 7) is 5.24. The molecule has 0 saturated heterocycles. The highest BCUT2D eigenvalue weighted by Crippen LogP contribution is 2.36. The van der Waals surface area contributed by atoms with Crippen molar-refractivity contribution in [3.05, 3.63) is 101 Å². The second kappa shape index (κ2) is 14.7. The van der Waals surface area contributed by atoms with E-state index in [-0.39, 0.29) is 41.7 Å². The highest BCUT2D eigenvalue weighted by atomic mass is 35.5. The van der Waals surface area contributed by atoms with E-state index in [2.05, 4.69) is 9.73 Å². The molecule has 4 aromatic rings. The summed E-state index contributed by atoms with van der Waals surface area (Å²) in [5.74, 6) is -0.307. The Morgan fingerprint density at radius 3 is 2.46 bits per heavy atom. The van der Waals surface area contributed by atoms with E-state index >= 15 is 0 Å². The van der Waals surface area contributed by atoms with E-state index in [4.69, 9.17) is 35.0 Å². The number of hydrogen-bond acceptors (Lipinski definition) is 12. The molecule has 0 radical (unpaired) electrons. The van der Waals surface area contributed by atoms with Gasteiger partial charge in [0.05, 0.1) is 59.9 Å². The minimum atomic E-state index is -0.918. The molecule has 0 amide bonds. The molecule has 250 valence electrons. The summed E-state index contributed by atoms with van der Waals surface area (Å²) in [4.78, 5) is 56.0. The molecule has 48 heavy (non-hydrogen) atoms. The van der Waals surface area contributed by atoms with Gasteiger partial charge in [0.1, 0.15) is 11.5 Å². The van der Waals surface area contributed by atoms with E-state index in [0.717, 1.165) is 11.3 Å². The van der Waals surface area contributed by atoms with Crippen LogP contribution in [-0.4, -0.2) is 56.5 Å². The standard InChI is InChI=1S/C34H31ClN2O10S/c1-6-44-26-15-20(9-12-25(26)46-17-28(38)42-4)30-29(33(41)45-7-2)18(3)36-34-37(30)31(39)27(48-34)16-21-10-13-24(47-21)19-8-11-22(23(35)14-19)32(40)43-5/h8-16,30H,6-7,17H2,1-5H3/b27-16-/t30-/m1/s1. The van der Waals surface area contributed by atoms with Gasteiger partial charge < -0.3 is 28.1 Å². The Kier molecular flexibility index (Phi) is 10.5. The number of ether oxygens (including phenoxy) is 5. The summed E-state index contributed by atoms with van der Waals surface area (Å²) in [5.41, 5.74) is 1.54. The van der Waals surface area contributed by atoms with Crippen molar-refractivity contribution in [2.45, 2.75) is 26.8 Å². The predicted molar refractivity (Wildman–Crippen MR) is 176 cm³/mol. The lowest BCUT2D eigenvalue weighted by molar-refractivity contribution is -0.143. The molecule has 0 bridgehead atoms. The molecule has 1 atom stereocenters. The first-order chi connectivity index (χ1) is 23.1. The largest absolute Gasteiger partial charge is 0.490 e. The van der Waals surface area contributed by atoms with Gasteiger partial charge in [-0.25, -0.2) is 19.4 Å². The highest BCUT2D eigenvalue weighted by Gasteiger charge is 2.34. The number of methoxy groups -OCH3 is 2. The van der Waals surface area contributed by atoms with E-state index < -0.39 is 29.5 Å². The first-order valence-corrected chi connectivity index (χ1v) is 15.9. The zero-order chi connectivity index (χ0) is 34.5. The van der Waals surface area contributed by atoms with Crippen LogP contribution in [0.15, 0.2) is 74.0 Å². The lowest BCUT2D eigenvalue weighted by Crippen LogP contribution is -2.40. The first kappa shape index (κ1) is 34.2. The van der Waals surface area contributed by atoms with Gasteiger partial charge >= 0.3 is 17.9 Å². The molecule has 12 nitrogen and oxygen atoms in total. The molecule has 2 aromatic heterocycles. The van der Waals surface area contributed by atoms with Crippen LogP contribution in [0.5, 0.6) is 11.5 Å². The average molecular weight is 695 g/mol. The zero-order valence-corrected chi connectivity index (χ0v) is 28.2. The number of allylic oxidation sites excluding steroid dienone is 1. The number of esters is 3. The van der Waals surface area contributed by atoms with Crippen molar-refractivity contribution in [2.24, 2.45) is 4.99 Å². The SMILES string of the molecule is CCOC(=O)C1=C(C)N=c2s/c(=C\c3ccc(-c4ccc(C(=O)OC)c(Cl)c4)o3)c(=O)n2[C@@H]1c1ccc(OCC(=O)OC)c(OCC)c1. The van der Waals surface area contributed by atoms with E-state index in [9.17, 15) is 19.2 Å². The third kappa shape index (κ3) is 6.92. The molecule has 2 aromatic carbocycles. The van der Waals surface area contributed by atoms with Gasteiger partial charge in [-0.2, -0.15) is 0 Å². The third-order valence-electron chi connectivity index (χ3n) is 7.23. The van der Waals surface area contributed by atoms with Gasteiger partial charge in [0.25, 0.3) is 5.56 Å². The van der Waals surface area contributed by atoms with E-state index in [1.54, 1.807) is 75.4 Å². The van der Waals surface area contributed by atoms with E-state index in [0.29, 0.717) is 43.4 Å². The van der Waals surface area contributed by atoms with Crippen molar-refractivity contribution in [1.29, 1.82) is 0 Å². The molecular weight excluding hydrogens is 664 g/mol. The number of furan rings is 1. The van der Waals surface area contributed by atoms with Crippen LogP contribution in [0, 0.1) is 0 Å². The Balaban J connectivity index is 1.59. The van der Waals surface area contributed by atoms with Gasteiger partial charge in [0.15, 0.2) is 22.9 Å². The van der Waals surface area contributed by atoms with Crippen molar-refractivity contribution >= 4 is 46.9 Å². The average Bonchev–Trinajstić information content (AvgIpc) is 3.66. The topological polar surface area (TPSA) is 145 Å². The minimum Gasteiger partial charge on any atom is -0.490 e. The minimum absolute atomic E-state index is 0.120. The number of rotatable bonds is 11. The smallest absolute Gasteiger partial charge is 0.343 e. The van der Waals surface area contributed by atoms with Crippen LogP contribution in [0.25, 0.3) is 17.4 Å². The Morgan fingerprint density at radius 1 is 0.979 bits per heavy atom. The van der Waals surface area contributed by atoms with Gasteiger partial charge in [-0.15, -0.1) is 0 Å². The fourth-order valence-electron chi connectivity index (χ4n) is 5.04. The second-order valence-electron chi connectivity index (χ2n) is 10.2. The molecule has 3 heterocycles. The number of nitrogens with zero attached hydrogens (tertiary/aromatic N) is 2. The van der Waals surface area contributed by atoms with E-state index in [1.807, 2.05) is 0 Å². The molecule has 0 spiro atoms. The molecule has 0 aliphatic carbocycles. The van der Waals surface area contributed by atoms with Gasteiger partial charge in [0, 0.05) is 11.6 Å². The molecule has 1 aliphatic heterocycles. The number of aromatic nitrogens is 1. The number of benzene rings is 2. The first-order valence-electron chi connectivity index (χ1n) is 14.7. The van der Waals surface area contributed by atoms with E-state index in [1.165, 1.54) is 18.8 Å². The molecule has 1 aliphatic rings. The monoisotopic (exact) mass is 694 g/mol. The lowest BCUT2D eigenvalue weighted by atomic mass is 9.95. The quantitative estimate of drug-likeness (QED) is 0.163. The molecular formula is C34H31ClN2O10S. The third-order valence-corrected chi connectivity index (χ3v) is 8.53. The lowest BCUT2D eigenvalue weighted by Gasteiger charge is -2.25. The number of hydrogen-bond donors (Lipinski definition) is 0. The van der Waals surface area contributed by atoms with Crippen LogP contribution in [0.1, 0.15) is 48.5 Å². The number of fused-ring (bicyclic) bond motifs is 1. The van der Waals surface area contributed by atoms with Crippen molar-refractivity contribution in [1.82, 2.24) is 4.57 Å². The second-order valence-corrected chi connectivity index (χ2v) is 11.6. The number of thiazole rings is 1. The fourth-order valence-corrected chi connectivity index (χ4v) is 6.33. The van der Waals surface area contributed by atoms with Crippen molar-refractivity contribution in [3.63, 3.8) is 0 Å². The maximum absolute atomic E-state index is 14.1. The molecule has 5 rings (SSSR count). The Hall–Kier alpha value is -5.14. The van der Waals surface area contributed by atoms with Gasteiger partial charge in [-0.1, -0.05) is 35.1 Å². The highest BCUT2D eigenvalue weighted by molar-refractivity contribution is 7.07. The van der Waals surface area contributed by atoms with Crippen LogP contribution in [0.4, 0.5) is 0 Å².